The summed E-state index contributed by atoms with van der Waals surface area (Å²) in [5, 5.41) is 129. The Hall–Kier alpha value is -2.46. The van der Waals surface area contributed by atoms with Crippen LogP contribution in [0.2, 0.25) is 0 Å². The highest BCUT2D eigenvalue weighted by molar-refractivity contribution is 5.94. The normalized spacial score (nSPS) is 52.3. The van der Waals surface area contributed by atoms with Gasteiger partial charge in [-0.05, 0) is 104 Å². The number of carboxylic acid groups (broad SMARTS) is 1. The standard InChI is InChI=1S/C54H84O22/c1-23-34(59)26(58)17-33(69-23)72-32-19-49(2,3)18-25-24-9-10-30-51(5)13-12-31(52(6,22-57)29(51)11-14-54(30,8)53(24,7)16-15-50(25,32)4)73-48-44(40(65)39(64)42(74-48)45(67)68)76-47-43(38(63)36(61)28(21-56)71-47)75-46-41(66)37(62)35(60)27(20-55)70-46/h9,25,27-33,35-44,46-48,55-57,59-66H,10-22H2,1-8H3,(H,67,68)/t25-,27+,28+,29+,30+,31-,32?,33?,35+,36-,37-,38-,39+,40-,41+,42-,43+,44+,46-,47-,48+,50+,51-,52+,53+,54+/m0/s1. The van der Waals surface area contributed by atoms with Crippen LogP contribution in [-0.4, -0.2) is 203 Å². The van der Waals surface area contributed by atoms with Gasteiger partial charge < -0.3 is 99.2 Å². The van der Waals surface area contributed by atoms with E-state index in [0.29, 0.717) is 19.3 Å². The van der Waals surface area contributed by atoms with Gasteiger partial charge in [-0.1, -0.05) is 60.1 Å². The van der Waals surface area contributed by atoms with E-state index in [0.717, 1.165) is 38.5 Å². The van der Waals surface area contributed by atoms with E-state index in [1.807, 2.05) is 6.92 Å². The van der Waals surface area contributed by atoms with Crippen molar-refractivity contribution in [2.24, 2.45) is 50.2 Å². The topological polar surface area (TPSA) is 351 Å². The van der Waals surface area contributed by atoms with Crippen molar-refractivity contribution in [1.29, 1.82) is 0 Å². The van der Waals surface area contributed by atoms with E-state index in [1.165, 1.54) is 5.57 Å². The second-order valence-corrected chi connectivity index (χ2v) is 25.8. The highest BCUT2D eigenvalue weighted by atomic mass is 16.8. The lowest BCUT2D eigenvalue weighted by Gasteiger charge is -2.72. The van der Waals surface area contributed by atoms with E-state index in [2.05, 4.69) is 47.6 Å². The van der Waals surface area contributed by atoms with Crippen molar-refractivity contribution in [2.75, 3.05) is 19.8 Å². The Morgan fingerprint density at radius 3 is 1.88 bits per heavy atom. The quantitative estimate of drug-likeness (QED) is 0.0950. The SMILES string of the molecule is CC1=C(O)C(=O)CC(OC2CC(C)(C)C[C@H]3C4=CC[C@@H]5[C@@]6(C)CC[C@H](O[C@@H]7O[C@H](C(=O)O)[C@H](O)[C@H](O)[C@H]7O[C@@H]7O[C@H](CO)[C@H](O)[C@H](O)[C@H]7O[C@@H]7O[C@H](CO)[C@@H](O)[C@H](O)[C@H]7O)[C@](C)(CO)[C@@H]6CC[C@@]5(C)[C@]4(C)CC[C@@]23C)O1. The molecule has 22 heteroatoms. The number of ether oxygens (including phenoxy) is 8. The van der Waals surface area contributed by atoms with Crippen molar-refractivity contribution in [3.63, 3.8) is 0 Å². The van der Waals surface area contributed by atoms with Crippen molar-refractivity contribution >= 4 is 11.8 Å². The smallest absolute Gasteiger partial charge is 0.335 e. The summed E-state index contributed by atoms with van der Waals surface area (Å²) in [5.41, 5.74) is -0.626. The molecule has 7 fully saturated rings. The van der Waals surface area contributed by atoms with Gasteiger partial charge in [0, 0.05) is 10.8 Å². The third-order valence-corrected chi connectivity index (χ3v) is 21.1. The maximum absolute atomic E-state index is 12.7. The highest BCUT2D eigenvalue weighted by Crippen LogP contribution is 2.76. The first-order valence-electron chi connectivity index (χ1n) is 27.2. The molecule has 432 valence electrons. The number of hydrogen-bond donors (Lipinski definition) is 12. The summed E-state index contributed by atoms with van der Waals surface area (Å²) in [4.78, 5) is 25.3. The van der Waals surface area contributed by atoms with Gasteiger partial charge in [0.25, 0.3) is 0 Å². The van der Waals surface area contributed by atoms with Gasteiger partial charge in [-0.15, -0.1) is 0 Å². The number of allylic oxidation sites excluding steroid dienone is 4. The van der Waals surface area contributed by atoms with Gasteiger partial charge in [0.1, 0.15) is 72.9 Å². The van der Waals surface area contributed by atoms with Crippen LogP contribution in [0, 0.1) is 50.2 Å². The molecule has 12 N–H and O–H groups in total. The Balaban J connectivity index is 0.980. The summed E-state index contributed by atoms with van der Waals surface area (Å²) in [6, 6.07) is 0. The van der Waals surface area contributed by atoms with Gasteiger partial charge >= 0.3 is 5.97 Å². The van der Waals surface area contributed by atoms with E-state index in [1.54, 1.807) is 6.92 Å². The summed E-state index contributed by atoms with van der Waals surface area (Å²) >= 11 is 0. The molecule has 4 aliphatic heterocycles. The molecule has 5 aliphatic carbocycles. The lowest BCUT2D eigenvalue weighted by Crippen LogP contribution is -2.68. The Morgan fingerprint density at radius 1 is 0.658 bits per heavy atom. The molecule has 0 aromatic rings. The molecule has 22 nitrogen and oxygen atoms in total. The molecule has 3 saturated heterocycles. The Morgan fingerprint density at radius 2 is 1.26 bits per heavy atom. The van der Waals surface area contributed by atoms with Crippen LogP contribution in [0.4, 0.5) is 0 Å². The van der Waals surface area contributed by atoms with Gasteiger partial charge in [0.15, 0.2) is 30.7 Å². The Bertz CT molecular complexity index is 2220. The molecular weight excluding hydrogens is 1000 g/mol. The number of carbonyl (C=O) groups is 2. The second-order valence-electron chi connectivity index (χ2n) is 25.8. The van der Waals surface area contributed by atoms with Gasteiger partial charge in [-0.2, -0.15) is 0 Å². The van der Waals surface area contributed by atoms with Crippen molar-refractivity contribution in [1.82, 2.24) is 0 Å². The number of aliphatic hydroxyl groups excluding tert-OH is 11. The van der Waals surface area contributed by atoms with Crippen molar-refractivity contribution < 1.29 is 109 Å². The summed E-state index contributed by atoms with van der Waals surface area (Å²) in [6.45, 7) is 15.5. The number of carbonyl (C=O) groups excluding carboxylic acids is 1. The Kier molecular flexibility index (Phi) is 15.9. The van der Waals surface area contributed by atoms with E-state index < -0.39 is 135 Å². The molecule has 9 aliphatic rings. The molecular formula is C54H84O22. The van der Waals surface area contributed by atoms with Crippen LogP contribution >= 0.6 is 0 Å². The molecule has 4 saturated carbocycles. The average Bonchev–Trinajstić information content (AvgIpc) is 3.54. The largest absolute Gasteiger partial charge is 0.502 e. The van der Waals surface area contributed by atoms with E-state index >= 15 is 0 Å². The summed E-state index contributed by atoms with van der Waals surface area (Å²) in [6.07, 6.45) is -20.7. The fraction of sp³-hybridized carbons (Fsp3) is 0.889. The zero-order valence-electron chi connectivity index (χ0n) is 44.8. The number of hydrogen-bond acceptors (Lipinski definition) is 21. The molecule has 0 aromatic carbocycles. The maximum atomic E-state index is 12.7. The number of ketones is 1. The van der Waals surface area contributed by atoms with E-state index in [-0.39, 0.29) is 75.5 Å². The molecule has 0 radical (unpaired) electrons. The van der Waals surface area contributed by atoms with Gasteiger partial charge in [0.05, 0.1) is 38.4 Å². The summed E-state index contributed by atoms with van der Waals surface area (Å²) in [5.74, 6) is -2.02. The zero-order valence-corrected chi connectivity index (χ0v) is 44.8. The first kappa shape index (κ1) is 58.2. The van der Waals surface area contributed by atoms with Crippen LogP contribution in [0.1, 0.15) is 120 Å². The summed E-state index contributed by atoms with van der Waals surface area (Å²) in [7, 11) is 0. The average molecular weight is 1090 g/mol. The molecule has 0 aromatic heterocycles. The molecule has 9 rings (SSSR count). The molecule has 26 atom stereocenters. The number of Topliss-reactive ketones (excluding diaryl/α,β-unsaturated/α-hetero) is 1. The third kappa shape index (κ3) is 9.31. The summed E-state index contributed by atoms with van der Waals surface area (Å²) < 4.78 is 48.9. The van der Waals surface area contributed by atoms with Crippen molar-refractivity contribution in [2.45, 2.75) is 230 Å². The van der Waals surface area contributed by atoms with E-state index in [4.69, 9.17) is 37.9 Å². The monoisotopic (exact) mass is 1080 g/mol. The minimum atomic E-state index is -2.12. The number of fused-ring (bicyclic) bond motifs is 7. The molecule has 2 unspecified atom stereocenters. The van der Waals surface area contributed by atoms with Gasteiger partial charge in [-0.3, -0.25) is 4.79 Å². The lowest BCUT2D eigenvalue weighted by atomic mass is 9.33. The maximum Gasteiger partial charge on any atom is 0.335 e. The van der Waals surface area contributed by atoms with Crippen LogP contribution < -0.4 is 0 Å². The van der Waals surface area contributed by atoms with Gasteiger partial charge in [-0.25, -0.2) is 4.79 Å². The van der Waals surface area contributed by atoms with Crippen LogP contribution in [0.3, 0.4) is 0 Å². The Labute approximate surface area is 442 Å². The number of rotatable bonds is 12. The molecule has 0 spiro atoms. The minimum Gasteiger partial charge on any atom is -0.502 e. The highest BCUT2D eigenvalue weighted by Gasteiger charge is 2.70. The van der Waals surface area contributed by atoms with Crippen LogP contribution in [-0.2, 0) is 47.5 Å². The first-order chi connectivity index (χ1) is 35.5. The molecule has 76 heavy (non-hydrogen) atoms. The van der Waals surface area contributed by atoms with E-state index in [9.17, 15) is 70.9 Å². The third-order valence-electron chi connectivity index (χ3n) is 21.1. The lowest BCUT2D eigenvalue weighted by molar-refractivity contribution is -0.397. The number of aliphatic hydroxyl groups is 11. The predicted molar refractivity (Wildman–Crippen MR) is 261 cm³/mol. The zero-order chi connectivity index (χ0) is 55.6. The van der Waals surface area contributed by atoms with Crippen molar-refractivity contribution in [3.8, 4) is 0 Å². The van der Waals surface area contributed by atoms with Crippen molar-refractivity contribution in [3.05, 3.63) is 23.2 Å². The molecule has 0 amide bonds. The fourth-order valence-electron chi connectivity index (χ4n) is 16.3. The molecule has 0 bridgehead atoms. The van der Waals surface area contributed by atoms with Crippen LogP contribution in [0.5, 0.6) is 0 Å². The number of aliphatic carboxylic acids is 1. The fourth-order valence-corrected chi connectivity index (χ4v) is 16.3. The minimum absolute atomic E-state index is 0.0552. The second kappa shape index (κ2) is 20.8. The first-order valence-corrected chi connectivity index (χ1v) is 27.2. The van der Waals surface area contributed by atoms with Crippen LogP contribution in [0.25, 0.3) is 0 Å². The van der Waals surface area contributed by atoms with Crippen LogP contribution in [0.15, 0.2) is 23.2 Å². The predicted octanol–water partition coefficient (Wildman–Crippen LogP) is 0.806. The number of carboxylic acids is 1. The van der Waals surface area contributed by atoms with Gasteiger partial charge in [0.2, 0.25) is 12.1 Å². The molecule has 4 heterocycles.